The van der Waals surface area contributed by atoms with Gasteiger partial charge in [0, 0.05) is 55.6 Å². The summed E-state index contributed by atoms with van der Waals surface area (Å²) in [5.74, 6) is 2.14. The molecule has 0 bridgehead atoms. The molecule has 2 N–H and O–H groups in total. The van der Waals surface area contributed by atoms with E-state index < -0.39 is 0 Å². The molecule has 10 heteroatoms. The monoisotopic (exact) mass is 457 g/mol. The highest BCUT2D eigenvalue weighted by molar-refractivity contribution is 5.95. The Kier molecular flexibility index (Phi) is 5.77. The molecule has 10 nitrogen and oxygen atoms in total. The summed E-state index contributed by atoms with van der Waals surface area (Å²) in [5.41, 5.74) is 2.31. The largest absolute Gasteiger partial charge is 0.476 e. The minimum atomic E-state index is -0.113. The van der Waals surface area contributed by atoms with Gasteiger partial charge in [-0.05, 0) is 30.5 Å². The minimum Gasteiger partial charge on any atom is -0.476 e. The molecular formula is C24H23N7O3. The molecule has 0 unspecified atom stereocenters. The number of nitrogens with one attached hydrogen (secondary N) is 2. The number of amides is 1. The lowest BCUT2D eigenvalue weighted by Gasteiger charge is -2.09. The molecule has 172 valence electrons. The predicted octanol–water partition coefficient (Wildman–Crippen LogP) is 4.08. The van der Waals surface area contributed by atoms with Gasteiger partial charge in [0.25, 0.3) is 0 Å². The minimum absolute atomic E-state index is 0.113. The van der Waals surface area contributed by atoms with Crippen LogP contribution in [0.15, 0.2) is 59.6 Å². The summed E-state index contributed by atoms with van der Waals surface area (Å²) < 4.78 is 12.5. The maximum absolute atomic E-state index is 12.5. The average Bonchev–Trinajstić information content (AvgIpc) is 3.45. The van der Waals surface area contributed by atoms with Crippen molar-refractivity contribution in [3.8, 4) is 17.3 Å². The molecule has 1 amide bonds. The number of rotatable bonds is 8. The summed E-state index contributed by atoms with van der Waals surface area (Å²) in [5, 5.41) is 12.1. The van der Waals surface area contributed by atoms with Crippen LogP contribution in [0.4, 0.5) is 11.5 Å². The number of pyridine rings is 1. The number of carbonyl (C=O) groups is 1. The topological polar surface area (TPSA) is 119 Å². The van der Waals surface area contributed by atoms with E-state index in [1.807, 2.05) is 54.0 Å². The molecule has 0 saturated carbocycles. The molecule has 0 fully saturated rings. The third-order valence-electron chi connectivity index (χ3n) is 5.25. The van der Waals surface area contributed by atoms with Gasteiger partial charge in [0.05, 0.1) is 12.3 Å². The first kappa shape index (κ1) is 21.4. The lowest BCUT2D eigenvalue weighted by molar-refractivity contribution is -0.115. The standard InChI is InChI=1S/C24H23N7O3/c1-3-33-24-20-13-18(14-31(20)11-10-27-24)29-21(32)7-9-26-23-19-12-17(22-28-15(2)34-30-22)5-4-16(19)6-8-25-23/h4-6,8,10-14H,3,7,9H2,1-2H3,(H,25,26)(H,29,32). The molecular weight excluding hydrogens is 434 g/mol. The molecule has 0 aliphatic heterocycles. The number of anilines is 2. The summed E-state index contributed by atoms with van der Waals surface area (Å²) in [4.78, 5) is 25.5. The van der Waals surface area contributed by atoms with Crippen molar-refractivity contribution < 1.29 is 14.1 Å². The zero-order chi connectivity index (χ0) is 23.5. The van der Waals surface area contributed by atoms with Crippen molar-refractivity contribution in [3.63, 3.8) is 0 Å². The van der Waals surface area contributed by atoms with Crippen molar-refractivity contribution in [1.29, 1.82) is 0 Å². The molecule has 0 saturated heterocycles. The van der Waals surface area contributed by atoms with Crippen molar-refractivity contribution in [2.24, 2.45) is 0 Å². The van der Waals surface area contributed by atoms with Gasteiger partial charge in [0.2, 0.25) is 23.5 Å². The highest BCUT2D eigenvalue weighted by Gasteiger charge is 2.11. The Morgan fingerprint density at radius 3 is 2.91 bits per heavy atom. The van der Waals surface area contributed by atoms with Crippen LogP contribution in [0.3, 0.4) is 0 Å². The quantitative estimate of drug-likeness (QED) is 0.358. The van der Waals surface area contributed by atoms with Crippen LogP contribution in [0.25, 0.3) is 27.7 Å². The van der Waals surface area contributed by atoms with E-state index in [4.69, 9.17) is 9.26 Å². The lowest BCUT2D eigenvalue weighted by Crippen LogP contribution is -2.16. The van der Waals surface area contributed by atoms with Gasteiger partial charge in [-0.15, -0.1) is 0 Å². The van der Waals surface area contributed by atoms with Gasteiger partial charge in [-0.25, -0.2) is 9.97 Å². The van der Waals surface area contributed by atoms with Crippen molar-refractivity contribution in [1.82, 2.24) is 24.5 Å². The summed E-state index contributed by atoms with van der Waals surface area (Å²) in [7, 11) is 0. The highest BCUT2D eigenvalue weighted by Crippen LogP contribution is 2.27. The molecule has 0 aliphatic carbocycles. The van der Waals surface area contributed by atoms with Crippen LogP contribution in [0.5, 0.6) is 5.88 Å². The van der Waals surface area contributed by atoms with Crippen molar-refractivity contribution in [2.75, 3.05) is 23.8 Å². The molecule has 34 heavy (non-hydrogen) atoms. The van der Waals surface area contributed by atoms with Gasteiger partial charge < -0.3 is 24.3 Å². The SMILES string of the molecule is CCOc1nccn2cc(NC(=O)CCNc3nccc4ccc(-c5noc(C)n5)cc34)cc12. The Balaban J connectivity index is 1.25. The van der Waals surface area contributed by atoms with E-state index in [9.17, 15) is 4.79 Å². The van der Waals surface area contributed by atoms with E-state index in [0.717, 1.165) is 21.9 Å². The van der Waals surface area contributed by atoms with Gasteiger partial charge >= 0.3 is 0 Å². The fourth-order valence-corrected chi connectivity index (χ4v) is 3.71. The fraction of sp³-hybridized carbons (Fsp3) is 0.208. The number of nitrogens with zero attached hydrogens (tertiary/aromatic N) is 5. The Hall–Kier alpha value is -4.47. The van der Waals surface area contributed by atoms with Crippen LogP contribution in [0.1, 0.15) is 19.2 Å². The molecule has 5 rings (SSSR count). The Bertz CT molecular complexity index is 1470. The van der Waals surface area contributed by atoms with Gasteiger partial charge in [0.1, 0.15) is 11.3 Å². The van der Waals surface area contributed by atoms with E-state index in [2.05, 4.69) is 30.7 Å². The van der Waals surface area contributed by atoms with Crippen molar-refractivity contribution >= 4 is 33.7 Å². The second-order valence-corrected chi connectivity index (χ2v) is 7.64. The summed E-state index contributed by atoms with van der Waals surface area (Å²) >= 11 is 0. The zero-order valence-corrected chi connectivity index (χ0v) is 18.8. The third-order valence-corrected chi connectivity index (χ3v) is 5.25. The van der Waals surface area contributed by atoms with Gasteiger partial charge in [-0.3, -0.25) is 4.79 Å². The average molecular weight is 457 g/mol. The number of aryl methyl sites for hydroxylation is 1. The first-order valence-corrected chi connectivity index (χ1v) is 10.9. The van der Waals surface area contributed by atoms with Gasteiger partial charge in [-0.2, -0.15) is 4.98 Å². The number of aromatic nitrogens is 5. The van der Waals surface area contributed by atoms with Crippen molar-refractivity contribution in [2.45, 2.75) is 20.3 Å². The smallest absolute Gasteiger partial charge is 0.238 e. The molecule has 1 aromatic carbocycles. The molecule has 0 spiro atoms. The summed E-state index contributed by atoms with van der Waals surface area (Å²) in [6.45, 7) is 4.59. The normalized spacial score (nSPS) is 11.1. The van der Waals surface area contributed by atoms with E-state index in [0.29, 0.717) is 42.3 Å². The van der Waals surface area contributed by atoms with Crippen LogP contribution in [-0.2, 0) is 4.79 Å². The summed E-state index contributed by atoms with van der Waals surface area (Å²) in [6, 6.07) is 9.67. The second-order valence-electron chi connectivity index (χ2n) is 7.64. The van der Waals surface area contributed by atoms with Gasteiger partial charge in [0.15, 0.2) is 0 Å². The van der Waals surface area contributed by atoms with Crippen molar-refractivity contribution in [3.05, 3.63) is 61.0 Å². The second kappa shape index (κ2) is 9.18. The number of hydrogen-bond acceptors (Lipinski definition) is 8. The number of hydrogen-bond donors (Lipinski definition) is 2. The van der Waals surface area contributed by atoms with Crippen LogP contribution in [0, 0.1) is 6.92 Å². The predicted molar refractivity (Wildman–Crippen MR) is 128 cm³/mol. The Morgan fingerprint density at radius 1 is 1.18 bits per heavy atom. The highest BCUT2D eigenvalue weighted by atomic mass is 16.5. The molecule has 5 aromatic rings. The molecule has 4 aromatic heterocycles. The Morgan fingerprint density at radius 2 is 2.09 bits per heavy atom. The van der Waals surface area contributed by atoms with E-state index in [-0.39, 0.29) is 12.3 Å². The van der Waals surface area contributed by atoms with Crippen LogP contribution < -0.4 is 15.4 Å². The molecule has 0 aliphatic rings. The number of carbonyl (C=O) groups excluding carboxylic acids is 1. The van der Waals surface area contributed by atoms with E-state index in [1.165, 1.54) is 0 Å². The van der Waals surface area contributed by atoms with E-state index in [1.54, 1.807) is 19.3 Å². The third kappa shape index (κ3) is 4.38. The number of fused-ring (bicyclic) bond motifs is 2. The first-order chi connectivity index (χ1) is 16.6. The number of ether oxygens (including phenoxy) is 1. The first-order valence-electron chi connectivity index (χ1n) is 10.9. The molecule has 4 heterocycles. The fourth-order valence-electron chi connectivity index (χ4n) is 3.71. The molecule has 0 atom stereocenters. The maximum Gasteiger partial charge on any atom is 0.238 e. The zero-order valence-electron chi connectivity index (χ0n) is 18.8. The van der Waals surface area contributed by atoms with E-state index >= 15 is 0 Å². The van der Waals surface area contributed by atoms with Crippen LogP contribution in [0.2, 0.25) is 0 Å². The number of benzene rings is 1. The van der Waals surface area contributed by atoms with Crippen LogP contribution >= 0.6 is 0 Å². The summed E-state index contributed by atoms with van der Waals surface area (Å²) in [6.07, 6.45) is 7.31. The van der Waals surface area contributed by atoms with Gasteiger partial charge in [-0.1, -0.05) is 17.3 Å². The van der Waals surface area contributed by atoms with Crippen LogP contribution in [-0.4, -0.2) is 43.6 Å². The maximum atomic E-state index is 12.5. The lowest BCUT2D eigenvalue weighted by atomic mass is 10.1. The molecule has 0 radical (unpaired) electrons. The Labute approximate surface area is 195 Å².